The van der Waals surface area contributed by atoms with E-state index in [1.807, 2.05) is 0 Å². The predicted octanol–water partition coefficient (Wildman–Crippen LogP) is 1.83. The zero-order chi connectivity index (χ0) is 11.1. The molecule has 2 rings (SSSR count). The van der Waals surface area contributed by atoms with Gasteiger partial charge in [0.15, 0.2) is 0 Å². The van der Waals surface area contributed by atoms with Gasteiger partial charge in [-0.15, -0.1) is 0 Å². The third-order valence-electron chi connectivity index (χ3n) is 2.55. The van der Waals surface area contributed by atoms with E-state index in [0.717, 1.165) is 0 Å². The molecule has 0 radical (unpaired) electrons. The van der Waals surface area contributed by atoms with E-state index >= 15 is 0 Å². The molecule has 0 bridgehead atoms. The third kappa shape index (κ3) is 1.50. The number of aliphatic carboxylic acids is 1. The van der Waals surface area contributed by atoms with Crippen LogP contribution in [-0.4, -0.2) is 24.3 Å². The van der Waals surface area contributed by atoms with Crippen molar-refractivity contribution in [3.63, 3.8) is 0 Å². The second-order valence-electron chi connectivity index (χ2n) is 3.50. The summed E-state index contributed by atoms with van der Waals surface area (Å²) in [6.45, 7) is -0.0286. The molecule has 0 saturated carbocycles. The van der Waals surface area contributed by atoms with Gasteiger partial charge < -0.3 is 9.84 Å². The highest BCUT2D eigenvalue weighted by atomic mass is 35.5. The van der Waals surface area contributed by atoms with Crippen molar-refractivity contribution in [3.05, 3.63) is 34.6 Å². The average molecular weight is 231 g/mol. The molecule has 80 valence electrons. The first-order valence-corrected chi connectivity index (χ1v) is 4.71. The first-order chi connectivity index (χ1) is 7.06. The van der Waals surface area contributed by atoms with Gasteiger partial charge in [-0.2, -0.15) is 0 Å². The SMILES string of the molecule is O=C(O)C1(c2cc(Cl)ccc2F)COC1. The van der Waals surface area contributed by atoms with Crippen LogP contribution in [0.5, 0.6) is 0 Å². The number of carboxylic acid groups (broad SMARTS) is 1. The Morgan fingerprint density at radius 2 is 2.20 bits per heavy atom. The molecular formula is C10H8ClFO3. The van der Waals surface area contributed by atoms with Gasteiger partial charge >= 0.3 is 5.97 Å². The maximum atomic E-state index is 13.5. The maximum absolute atomic E-state index is 13.5. The molecule has 0 amide bonds. The minimum absolute atomic E-state index is 0.0143. The number of hydrogen-bond acceptors (Lipinski definition) is 2. The van der Waals surface area contributed by atoms with Gasteiger partial charge in [0.05, 0.1) is 13.2 Å². The number of carboxylic acids is 1. The highest BCUT2D eigenvalue weighted by Gasteiger charge is 2.49. The van der Waals surface area contributed by atoms with E-state index < -0.39 is 17.2 Å². The molecule has 1 fully saturated rings. The van der Waals surface area contributed by atoms with Crippen LogP contribution in [-0.2, 0) is 14.9 Å². The lowest BCUT2D eigenvalue weighted by atomic mass is 9.78. The highest BCUT2D eigenvalue weighted by Crippen LogP contribution is 2.35. The van der Waals surface area contributed by atoms with Gasteiger partial charge in [-0.3, -0.25) is 4.79 Å². The minimum atomic E-state index is -1.27. The quantitative estimate of drug-likeness (QED) is 0.843. The number of carbonyl (C=O) groups is 1. The van der Waals surface area contributed by atoms with Crippen molar-refractivity contribution in [3.8, 4) is 0 Å². The number of ether oxygens (including phenoxy) is 1. The Kier molecular flexibility index (Phi) is 2.40. The normalized spacial score (nSPS) is 18.3. The molecule has 0 spiro atoms. The third-order valence-corrected chi connectivity index (χ3v) is 2.79. The highest BCUT2D eigenvalue weighted by molar-refractivity contribution is 6.30. The van der Waals surface area contributed by atoms with Crippen LogP contribution in [0, 0.1) is 5.82 Å². The lowest BCUT2D eigenvalue weighted by Gasteiger charge is -2.37. The standard InChI is InChI=1S/C10H8ClFO3/c11-6-1-2-8(12)7(3-6)10(9(13)14)4-15-5-10/h1-3H,4-5H2,(H,13,14). The summed E-state index contributed by atoms with van der Waals surface area (Å²) in [5, 5.41) is 9.38. The summed E-state index contributed by atoms with van der Waals surface area (Å²) in [4.78, 5) is 11.1. The number of halogens is 2. The van der Waals surface area contributed by atoms with E-state index in [-0.39, 0.29) is 18.8 Å². The fraction of sp³-hybridized carbons (Fsp3) is 0.300. The Balaban J connectivity index is 2.51. The number of hydrogen-bond donors (Lipinski definition) is 1. The summed E-state index contributed by atoms with van der Waals surface area (Å²) in [6, 6.07) is 3.89. The van der Waals surface area contributed by atoms with Crippen molar-refractivity contribution in [1.82, 2.24) is 0 Å². The zero-order valence-corrected chi connectivity index (χ0v) is 8.42. The van der Waals surface area contributed by atoms with Crippen LogP contribution in [0.25, 0.3) is 0 Å². The lowest BCUT2D eigenvalue weighted by Crippen LogP contribution is -2.53. The Bertz CT molecular complexity index is 415. The van der Waals surface area contributed by atoms with E-state index in [1.54, 1.807) is 0 Å². The van der Waals surface area contributed by atoms with Crippen LogP contribution in [0.4, 0.5) is 4.39 Å². The van der Waals surface area contributed by atoms with Crippen molar-refractivity contribution in [1.29, 1.82) is 0 Å². The van der Waals surface area contributed by atoms with Crippen LogP contribution in [0.3, 0.4) is 0 Å². The molecule has 3 nitrogen and oxygen atoms in total. The van der Waals surface area contributed by atoms with Crippen LogP contribution in [0.1, 0.15) is 5.56 Å². The predicted molar refractivity (Wildman–Crippen MR) is 51.5 cm³/mol. The molecule has 1 aromatic carbocycles. The molecule has 0 aliphatic carbocycles. The summed E-state index contributed by atoms with van der Waals surface area (Å²) >= 11 is 5.71. The monoisotopic (exact) mass is 230 g/mol. The first kappa shape index (κ1) is 10.4. The van der Waals surface area contributed by atoms with Gasteiger partial charge in [0.2, 0.25) is 0 Å². The van der Waals surface area contributed by atoms with Crippen LogP contribution in [0.15, 0.2) is 18.2 Å². The van der Waals surface area contributed by atoms with E-state index in [9.17, 15) is 9.18 Å². The summed E-state index contributed by atoms with van der Waals surface area (Å²) in [5.41, 5.74) is -1.18. The van der Waals surface area contributed by atoms with Gasteiger partial charge in [-0.1, -0.05) is 11.6 Å². The Hall–Kier alpha value is -1.13. The Labute approximate surface area is 90.4 Å². The first-order valence-electron chi connectivity index (χ1n) is 4.33. The van der Waals surface area contributed by atoms with E-state index in [0.29, 0.717) is 5.02 Å². The second-order valence-corrected chi connectivity index (χ2v) is 3.94. The van der Waals surface area contributed by atoms with Crippen molar-refractivity contribution in [2.24, 2.45) is 0 Å². The van der Waals surface area contributed by atoms with Gasteiger partial charge in [0.25, 0.3) is 0 Å². The topological polar surface area (TPSA) is 46.5 Å². The molecule has 0 atom stereocenters. The molecule has 1 heterocycles. The molecule has 1 aliphatic heterocycles. The van der Waals surface area contributed by atoms with Crippen molar-refractivity contribution in [2.45, 2.75) is 5.41 Å². The second kappa shape index (κ2) is 3.47. The van der Waals surface area contributed by atoms with Crippen molar-refractivity contribution >= 4 is 17.6 Å². The maximum Gasteiger partial charge on any atom is 0.319 e. The van der Waals surface area contributed by atoms with Gasteiger partial charge in [-0.05, 0) is 18.2 Å². The van der Waals surface area contributed by atoms with Gasteiger partial charge in [0.1, 0.15) is 11.2 Å². The molecule has 15 heavy (non-hydrogen) atoms. The molecule has 0 aromatic heterocycles. The Morgan fingerprint density at radius 3 is 2.67 bits per heavy atom. The summed E-state index contributed by atoms with van der Waals surface area (Å²) in [6.07, 6.45) is 0. The summed E-state index contributed by atoms with van der Waals surface area (Å²) in [5.74, 6) is -1.65. The van der Waals surface area contributed by atoms with E-state index in [4.69, 9.17) is 21.4 Å². The van der Waals surface area contributed by atoms with E-state index in [1.165, 1.54) is 18.2 Å². The van der Waals surface area contributed by atoms with Crippen LogP contribution in [0.2, 0.25) is 5.02 Å². The van der Waals surface area contributed by atoms with Gasteiger partial charge in [-0.25, -0.2) is 4.39 Å². The van der Waals surface area contributed by atoms with Crippen LogP contribution >= 0.6 is 11.6 Å². The molecule has 5 heteroatoms. The Morgan fingerprint density at radius 1 is 1.53 bits per heavy atom. The fourth-order valence-electron chi connectivity index (χ4n) is 1.56. The number of rotatable bonds is 2. The molecule has 1 saturated heterocycles. The zero-order valence-electron chi connectivity index (χ0n) is 7.67. The van der Waals surface area contributed by atoms with Crippen LogP contribution < -0.4 is 0 Å². The van der Waals surface area contributed by atoms with E-state index in [2.05, 4.69) is 0 Å². The van der Waals surface area contributed by atoms with Gasteiger partial charge in [0, 0.05) is 10.6 Å². The lowest BCUT2D eigenvalue weighted by molar-refractivity contribution is -0.163. The smallest absolute Gasteiger partial charge is 0.319 e. The average Bonchev–Trinajstić information content (AvgIpc) is 2.08. The molecule has 1 aromatic rings. The fourth-order valence-corrected chi connectivity index (χ4v) is 1.74. The van der Waals surface area contributed by atoms with Crippen molar-refractivity contribution in [2.75, 3.05) is 13.2 Å². The summed E-state index contributed by atoms with van der Waals surface area (Å²) < 4.78 is 18.3. The number of benzene rings is 1. The molecule has 1 aliphatic rings. The molecule has 1 N–H and O–H groups in total. The minimum Gasteiger partial charge on any atom is -0.480 e. The molecule has 0 unspecified atom stereocenters. The van der Waals surface area contributed by atoms with Crippen molar-refractivity contribution < 1.29 is 19.0 Å². The molecular weight excluding hydrogens is 223 g/mol. The summed E-state index contributed by atoms with van der Waals surface area (Å²) in [7, 11) is 0. The largest absolute Gasteiger partial charge is 0.480 e.